The highest BCUT2D eigenvalue weighted by Crippen LogP contribution is 2.26. The Bertz CT molecular complexity index is 460. The van der Waals surface area contributed by atoms with Crippen molar-refractivity contribution < 1.29 is 5.11 Å². The SMILES string of the molecule is CCn1cc(CO)c2c(N)cccc21. The summed E-state index contributed by atoms with van der Waals surface area (Å²) in [6.45, 7) is 3.00. The maximum absolute atomic E-state index is 9.20. The number of hydrogen-bond acceptors (Lipinski definition) is 2. The van der Waals surface area contributed by atoms with Crippen LogP contribution >= 0.6 is 0 Å². The lowest BCUT2D eigenvalue weighted by atomic mass is 10.1. The van der Waals surface area contributed by atoms with Gasteiger partial charge in [-0.05, 0) is 19.1 Å². The maximum Gasteiger partial charge on any atom is 0.0703 e. The van der Waals surface area contributed by atoms with Gasteiger partial charge in [0.25, 0.3) is 0 Å². The normalized spacial score (nSPS) is 11.0. The van der Waals surface area contributed by atoms with Crippen LogP contribution in [0.1, 0.15) is 12.5 Å². The molecule has 1 aromatic carbocycles. The lowest BCUT2D eigenvalue weighted by Gasteiger charge is -2.01. The van der Waals surface area contributed by atoms with Gasteiger partial charge < -0.3 is 15.4 Å². The van der Waals surface area contributed by atoms with Gasteiger partial charge in [0, 0.05) is 29.4 Å². The zero-order valence-corrected chi connectivity index (χ0v) is 8.20. The van der Waals surface area contributed by atoms with Crippen LogP contribution < -0.4 is 5.73 Å². The standard InChI is InChI=1S/C11H14N2O/c1-2-13-6-8(7-14)11-9(12)4-3-5-10(11)13/h3-6,14H,2,7,12H2,1H3. The second kappa shape index (κ2) is 3.35. The highest BCUT2D eigenvalue weighted by atomic mass is 16.3. The minimum Gasteiger partial charge on any atom is -0.398 e. The Morgan fingerprint density at radius 1 is 1.43 bits per heavy atom. The summed E-state index contributed by atoms with van der Waals surface area (Å²) in [5, 5.41) is 10.2. The summed E-state index contributed by atoms with van der Waals surface area (Å²) in [5.74, 6) is 0. The van der Waals surface area contributed by atoms with Crippen molar-refractivity contribution in [2.24, 2.45) is 0 Å². The third-order valence-electron chi connectivity index (χ3n) is 2.53. The predicted molar refractivity (Wildman–Crippen MR) is 57.9 cm³/mol. The number of benzene rings is 1. The molecule has 0 unspecified atom stereocenters. The summed E-state index contributed by atoms with van der Waals surface area (Å²) < 4.78 is 2.09. The maximum atomic E-state index is 9.20. The molecule has 0 aliphatic heterocycles. The van der Waals surface area contributed by atoms with E-state index in [0.29, 0.717) is 0 Å². The van der Waals surface area contributed by atoms with Crippen molar-refractivity contribution in [2.75, 3.05) is 5.73 Å². The lowest BCUT2D eigenvalue weighted by Crippen LogP contribution is -1.91. The summed E-state index contributed by atoms with van der Waals surface area (Å²) >= 11 is 0. The molecule has 3 nitrogen and oxygen atoms in total. The molecular weight excluding hydrogens is 176 g/mol. The molecule has 0 bridgehead atoms. The fourth-order valence-corrected chi connectivity index (χ4v) is 1.85. The van der Waals surface area contributed by atoms with E-state index in [1.165, 1.54) is 0 Å². The number of aryl methyl sites for hydroxylation is 1. The molecule has 14 heavy (non-hydrogen) atoms. The molecule has 3 heteroatoms. The number of hydrogen-bond donors (Lipinski definition) is 2. The molecule has 2 aromatic rings. The highest BCUT2D eigenvalue weighted by Gasteiger charge is 2.08. The zero-order chi connectivity index (χ0) is 10.1. The smallest absolute Gasteiger partial charge is 0.0703 e. The Kier molecular flexibility index (Phi) is 2.17. The second-order valence-electron chi connectivity index (χ2n) is 3.34. The number of anilines is 1. The van der Waals surface area contributed by atoms with E-state index < -0.39 is 0 Å². The van der Waals surface area contributed by atoms with E-state index in [1.54, 1.807) is 0 Å². The summed E-state index contributed by atoms with van der Waals surface area (Å²) in [7, 11) is 0. The molecular formula is C11H14N2O. The monoisotopic (exact) mass is 190 g/mol. The van der Waals surface area contributed by atoms with Crippen LogP contribution in [0.4, 0.5) is 5.69 Å². The Labute approximate surface area is 82.8 Å². The molecule has 74 valence electrons. The van der Waals surface area contributed by atoms with E-state index in [0.717, 1.165) is 28.7 Å². The molecule has 0 radical (unpaired) electrons. The van der Waals surface area contributed by atoms with Crippen molar-refractivity contribution in [3.63, 3.8) is 0 Å². The molecule has 1 heterocycles. The zero-order valence-electron chi connectivity index (χ0n) is 8.20. The lowest BCUT2D eigenvalue weighted by molar-refractivity contribution is 0.283. The van der Waals surface area contributed by atoms with Crippen LogP contribution in [-0.2, 0) is 13.2 Å². The number of fused-ring (bicyclic) bond motifs is 1. The highest BCUT2D eigenvalue weighted by molar-refractivity contribution is 5.94. The van der Waals surface area contributed by atoms with Gasteiger partial charge in [0.1, 0.15) is 0 Å². The molecule has 0 aliphatic rings. The number of aromatic nitrogens is 1. The number of aliphatic hydroxyl groups is 1. The van der Waals surface area contributed by atoms with Crippen LogP contribution in [-0.4, -0.2) is 9.67 Å². The topological polar surface area (TPSA) is 51.2 Å². The van der Waals surface area contributed by atoms with Crippen LogP contribution in [0, 0.1) is 0 Å². The van der Waals surface area contributed by atoms with Gasteiger partial charge in [-0.15, -0.1) is 0 Å². The van der Waals surface area contributed by atoms with Gasteiger partial charge in [0.2, 0.25) is 0 Å². The van der Waals surface area contributed by atoms with Gasteiger partial charge in [0.05, 0.1) is 12.1 Å². The molecule has 0 aliphatic carbocycles. The molecule has 0 fully saturated rings. The number of rotatable bonds is 2. The Balaban J connectivity index is 2.82. The van der Waals surface area contributed by atoms with Crippen molar-refractivity contribution in [1.82, 2.24) is 4.57 Å². The van der Waals surface area contributed by atoms with Gasteiger partial charge in [0.15, 0.2) is 0 Å². The van der Waals surface area contributed by atoms with Gasteiger partial charge in [-0.3, -0.25) is 0 Å². The summed E-state index contributed by atoms with van der Waals surface area (Å²) in [5.41, 5.74) is 8.61. The van der Waals surface area contributed by atoms with Crippen LogP contribution in [0.25, 0.3) is 10.9 Å². The number of aliphatic hydroxyl groups excluding tert-OH is 1. The summed E-state index contributed by atoms with van der Waals surface area (Å²) in [6, 6.07) is 5.82. The van der Waals surface area contributed by atoms with Crippen LogP contribution in [0.3, 0.4) is 0 Å². The molecule has 0 saturated carbocycles. The molecule has 2 rings (SSSR count). The summed E-state index contributed by atoms with van der Waals surface area (Å²) in [6.07, 6.45) is 1.96. The first-order chi connectivity index (χ1) is 6.77. The second-order valence-corrected chi connectivity index (χ2v) is 3.34. The minimum absolute atomic E-state index is 0.0394. The third-order valence-corrected chi connectivity index (χ3v) is 2.53. The van der Waals surface area contributed by atoms with E-state index in [-0.39, 0.29) is 6.61 Å². The van der Waals surface area contributed by atoms with Crippen molar-refractivity contribution in [3.05, 3.63) is 30.0 Å². The van der Waals surface area contributed by atoms with E-state index in [4.69, 9.17) is 5.73 Å². The van der Waals surface area contributed by atoms with Crippen LogP contribution in [0.15, 0.2) is 24.4 Å². The first-order valence-corrected chi connectivity index (χ1v) is 4.75. The number of nitrogen functional groups attached to an aromatic ring is 1. The third kappa shape index (κ3) is 1.17. The average molecular weight is 190 g/mol. The average Bonchev–Trinajstić information content (AvgIpc) is 2.57. The minimum atomic E-state index is 0.0394. The number of nitrogens with zero attached hydrogens (tertiary/aromatic N) is 1. The van der Waals surface area contributed by atoms with E-state index in [2.05, 4.69) is 11.5 Å². The molecule has 0 amide bonds. The predicted octanol–water partition coefficient (Wildman–Crippen LogP) is 1.74. The largest absolute Gasteiger partial charge is 0.398 e. The Hall–Kier alpha value is -1.48. The summed E-state index contributed by atoms with van der Waals surface area (Å²) in [4.78, 5) is 0. The molecule has 3 N–H and O–H groups in total. The van der Waals surface area contributed by atoms with Gasteiger partial charge in [-0.25, -0.2) is 0 Å². The first-order valence-electron chi connectivity index (χ1n) is 4.75. The molecule has 1 aromatic heterocycles. The fraction of sp³-hybridized carbons (Fsp3) is 0.273. The number of nitrogens with two attached hydrogens (primary N) is 1. The van der Waals surface area contributed by atoms with E-state index in [1.807, 2.05) is 24.4 Å². The van der Waals surface area contributed by atoms with E-state index >= 15 is 0 Å². The van der Waals surface area contributed by atoms with Gasteiger partial charge >= 0.3 is 0 Å². The van der Waals surface area contributed by atoms with Gasteiger partial charge in [-0.2, -0.15) is 0 Å². The van der Waals surface area contributed by atoms with Crippen molar-refractivity contribution >= 4 is 16.6 Å². The molecule has 0 saturated heterocycles. The van der Waals surface area contributed by atoms with Crippen LogP contribution in [0.2, 0.25) is 0 Å². The quantitative estimate of drug-likeness (QED) is 0.709. The van der Waals surface area contributed by atoms with E-state index in [9.17, 15) is 5.11 Å². The Morgan fingerprint density at radius 2 is 2.21 bits per heavy atom. The molecule has 0 spiro atoms. The van der Waals surface area contributed by atoms with Crippen molar-refractivity contribution in [1.29, 1.82) is 0 Å². The van der Waals surface area contributed by atoms with Crippen LogP contribution in [0.5, 0.6) is 0 Å². The van der Waals surface area contributed by atoms with Crippen molar-refractivity contribution in [2.45, 2.75) is 20.1 Å². The first kappa shape index (κ1) is 9.09. The van der Waals surface area contributed by atoms with Crippen molar-refractivity contribution in [3.8, 4) is 0 Å². The van der Waals surface area contributed by atoms with Gasteiger partial charge in [-0.1, -0.05) is 6.07 Å². The Morgan fingerprint density at radius 3 is 2.86 bits per heavy atom. The fourth-order valence-electron chi connectivity index (χ4n) is 1.85. The molecule has 0 atom stereocenters.